The molecule has 0 aromatic rings. The summed E-state index contributed by atoms with van der Waals surface area (Å²) < 4.78 is 33.3. The molecule has 53 heavy (non-hydrogen) atoms. The molecule has 0 spiro atoms. The Morgan fingerprint density at radius 1 is 0.585 bits per heavy atom. The van der Waals surface area contributed by atoms with E-state index in [1.165, 1.54) is 141 Å². The quantitative estimate of drug-likeness (QED) is 0.0236. The van der Waals surface area contributed by atoms with Crippen molar-refractivity contribution >= 4 is 19.8 Å². The average molecular weight is 776 g/mol. The van der Waals surface area contributed by atoms with Crippen LogP contribution in [0.2, 0.25) is 0 Å². The molecule has 0 aliphatic heterocycles. The Morgan fingerprint density at radius 3 is 1.43 bits per heavy atom. The summed E-state index contributed by atoms with van der Waals surface area (Å²) in [6, 6.07) is -1.47. The van der Waals surface area contributed by atoms with E-state index in [4.69, 9.17) is 29.4 Å². The normalized spacial score (nSPS) is 14.0. The minimum Gasteiger partial charge on any atom is -0.480 e. The zero-order valence-corrected chi connectivity index (χ0v) is 35.0. The van der Waals surface area contributed by atoms with Gasteiger partial charge in [-0.1, -0.05) is 174 Å². The largest absolute Gasteiger partial charge is 0.480 e. The van der Waals surface area contributed by atoms with E-state index in [1.807, 2.05) is 0 Å². The number of phosphoric acid groups is 1. The molecule has 0 aromatic heterocycles. The molecule has 0 rings (SSSR count). The highest BCUT2D eigenvalue weighted by atomic mass is 31.2. The zero-order valence-electron chi connectivity index (χ0n) is 34.1. The number of carbonyl (C=O) groups is 2. The molecular formula is C42H82NO9P. The van der Waals surface area contributed by atoms with Crippen molar-refractivity contribution in [1.82, 2.24) is 0 Å². The van der Waals surface area contributed by atoms with Gasteiger partial charge in [0.15, 0.2) is 0 Å². The number of carboxylic acids is 1. The Kier molecular flexibility index (Phi) is 38.0. The van der Waals surface area contributed by atoms with E-state index in [1.54, 1.807) is 0 Å². The maximum absolute atomic E-state index is 12.6. The number of phosphoric ester groups is 1. The first-order chi connectivity index (χ1) is 25.7. The van der Waals surface area contributed by atoms with Crippen LogP contribution in [-0.4, -0.2) is 60.5 Å². The molecule has 0 bridgehead atoms. The van der Waals surface area contributed by atoms with Crippen molar-refractivity contribution < 1.29 is 42.7 Å². The van der Waals surface area contributed by atoms with Crippen molar-refractivity contribution in [3.63, 3.8) is 0 Å². The van der Waals surface area contributed by atoms with Crippen molar-refractivity contribution in [1.29, 1.82) is 0 Å². The molecule has 314 valence electrons. The van der Waals surface area contributed by atoms with Crippen LogP contribution in [0.4, 0.5) is 0 Å². The van der Waals surface area contributed by atoms with Gasteiger partial charge in [0, 0.05) is 13.0 Å². The number of carbonyl (C=O) groups excluding carboxylic acids is 1. The fraction of sp³-hybridized carbons (Fsp3) is 0.905. The van der Waals surface area contributed by atoms with Crippen LogP contribution < -0.4 is 5.73 Å². The van der Waals surface area contributed by atoms with Gasteiger partial charge in [-0.15, -0.1) is 0 Å². The second-order valence-corrected chi connectivity index (χ2v) is 16.3. The minimum atomic E-state index is -4.61. The Labute approximate surface area is 324 Å². The molecule has 0 heterocycles. The van der Waals surface area contributed by atoms with Gasteiger partial charge in [0.05, 0.1) is 19.8 Å². The molecule has 0 amide bonds. The van der Waals surface area contributed by atoms with E-state index in [0.29, 0.717) is 13.0 Å². The fourth-order valence-corrected chi connectivity index (χ4v) is 6.91. The lowest BCUT2D eigenvalue weighted by Gasteiger charge is -2.20. The van der Waals surface area contributed by atoms with Crippen LogP contribution in [0.15, 0.2) is 12.2 Å². The minimum absolute atomic E-state index is 0.0212. The molecule has 0 aliphatic rings. The van der Waals surface area contributed by atoms with Crippen LogP contribution in [0.5, 0.6) is 0 Å². The number of rotatable bonds is 42. The SMILES string of the molecule is CCCCCCCCCC/C=C\CCCCCCCCCCCC(=O)OC(COCCCCCCCCCCCC)COP(=O)(O)OCC(N)C(=O)O. The van der Waals surface area contributed by atoms with Crippen molar-refractivity contribution in [2.75, 3.05) is 26.4 Å². The number of aliphatic carboxylic acids is 1. The predicted octanol–water partition coefficient (Wildman–Crippen LogP) is 11.8. The summed E-state index contributed by atoms with van der Waals surface area (Å²) in [5, 5.41) is 8.88. The van der Waals surface area contributed by atoms with Crippen LogP contribution in [0.3, 0.4) is 0 Å². The van der Waals surface area contributed by atoms with Gasteiger partial charge in [-0.05, 0) is 38.5 Å². The van der Waals surface area contributed by atoms with Crippen molar-refractivity contribution in [2.45, 2.75) is 219 Å². The lowest BCUT2D eigenvalue weighted by Crippen LogP contribution is -2.34. The number of ether oxygens (including phenoxy) is 2. The first kappa shape index (κ1) is 51.7. The number of allylic oxidation sites excluding steroid dienone is 2. The molecule has 0 aliphatic carbocycles. The number of carboxylic acid groups (broad SMARTS) is 1. The number of unbranched alkanes of at least 4 members (excludes halogenated alkanes) is 26. The number of esters is 1. The lowest BCUT2D eigenvalue weighted by molar-refractivity contribution is -0.154. The average Bonchev–Trinajstić information content (AvgIpc) is 3.13. The molecular weight excluding hydrogens is 693 g/mol. The summed E-state index contributed by atoms with van der Waals surface area (Å²) >= 11 is 0. The Bertz CT molecular complexity index is 904. The highest BCUT2D eigenvalue weighted by molar-refractivity contribution is 7.47. The van der Waals surface area contributed by atoms with Crippen LogP contribution in [0, 0.1) is 0 Å². The van der Waals surface area contributed by atoms with E-state index in [9.17, 15) is 19.0 Å². The molecule has 0 radical (unpaired) electrons. The van der Waals surface area contributed by atoms with E-state index in [-0.39, 0.29) is 13.0 Å². The zero-order chi connectivity index (χ0) is 39.1. The van der Waals surface area contributed by atoms with Crippen LogP contribution in [-0.2, 0) is 32.7 Å². The molecule has 3 unspecified atom stereocenters. The molecule has 0 aromatic carbocycles. The standard InChI is InChI=1S/C42H82NO9P/c1-3-5-7-9-11-13-15-16-17-18-19-20-21-22-23-24-25-26-28-30-32-34-41(44)52-39(37-50-53(47,48)51-38-40(43)42(45)46)36-49-35-33-31-29-27-14-12-10-8-6-4-2/h18-19,39-40H,3-17,20-38,43H2,1-2H3,(H,45,46)(H,47,48)/b19-18-. The summed E-state index contributed by atoms with van der Waals surface area (Å²) in [5.74, 6) is -1.77. The molecule has 0 saturated carbocycles. The first-order valence-electron chi connectivity index (χ1n) is 21.7. The van der Waals surface area contributed by atoms with Crippen molar-refractivity contribution in [3.05, 3.63) is 12.2 Å². The van der Waals surface area contributed by atoms with Gasteiger partial charge >= 0.3 is 19.8 Å². The summed E-state index contributed by atoms with van der Waals surface area (Å²) in [4.78, 5) is 33.5. The Morgan fingerprint density at radius 2 is 0.981 bits per heavy atom. The third-order valence-corrected chi connectivity index (χ3v) is 10.5. The van der Waals surface area contributed by atoms with E-state index < -0.39 is 45.1 Å². The lowest BCUT2D eigenvalue weighted by atomic mass is 10.1. The van der Waals surface area contributed by atoms with Crippen LogP contribution in [0.1, 0.15) is 206 Å². The second-order valence-electron chi connectivity index (χ2n) is 14.8. The van der Waals surface area contributed by atoms with E-state index in [2.05, 4.69) is 26.0 Å². The van der Waals surface area contributed by atoms with Crippen molar-refractivity contribution in [2.24, 2.45) is 5.73 Å². The summed E-state index contributed by atoms with van der Waals surface area (Å²) in [6.45, 7) is 3.89. The Balaban J connectivity index is 4.13. The maximum Gasteiger partial charge on any atom is 0.472 e. The Hall–Kier alpha value is -1.29. The third-order valence-electron chi connectivity index (χ3n) is 9.54. The molecule has 0 saturated heterocycles. The molecule has 11 heteroatoms. The maximum atomic E-state index is 12.6. The van der Waals surface area contributed by atoms with Gasteiger partial charge in [-0.25, -0.2) is 4.57 Å². The highest BCUT2D eigenvalue weighted by Gasteiger charge is 2.27. The smallest absolute Gasteiger partial charge is 0.472 e. The second kappa shape index (κ2) is 39.0. The van der Waals surface area contributed by atoms with Gasteiger partial charge in [0.1, 0.15) is 12.1 Å². The number of nitrogens with two attached hydrogens (primary N) is 1. The van der Waals surface area contributed by atoms with Crippen LogP contribution >= 0.6 is 7.82 Å². The highest BCUT2D eigenvalue weighted by Crippen LogP contribution is 2.43. The molecule has 3 atom stereocenters. The van der Waals surface area contributed by atoms with Gasteiger partial charge in [0.2, 0.25) is 0 Å². The topological polar surface area (TPSA) is 155 Å². The summed E-state index contributed by atoms with van der Waals surface area (Å²) in [7, 11) is -4.61. The van der Waals surface area contributed by atoms with Gasteiger partial charge in [-0.3, -0.25) is 18.6 Å². The molecule has 10 nitrogen and oxygen atoms in total. The molecule has 0 fully saturated rings. The molecule has 4 N–H and O–H groups in total. The van der Waals surface area contributed by atoms with Crippen LogP contribution in [0.25, 0.3) is 0 Å². The number of hydrogen-bond acceptors (Lipinski definition) is 8. The summed E-state index contributed by atoms with van der Waals surface area (Å²) in [6.07, 6.45) is 39.8. The van der Waals surface area contributed by atoms with E-state index in [0.717, 1.165) is 38.5 Å². The number of hydrogen-bond donors (Lipinski definition) is 3. The first-order valence-corrected chi connectivity index (χ1v) is 23.2. The van der Waals surface area contributed by atoms with Crippen molar-refractivity contribution in [3.8, 4) is 0 Å². The fourth-order valence-electron chi connectivity index (χ4n) is 6.13. The van der Waals surface area contributed by atoms with E-state index >= 15 is 0 Å². The van der Waals surface area contributed by atoms with Gasteiger partial charge in [-0.2, -0.15) is 0 Å². The van der Waals surface area contributed by atoms with Gasteiger partial charge < -0.3 is 25.2 Å². The predicted molar refractivity (Wildman–Crippen MR) is 217 cm³/mol. The summed E-state index contributed by atoms with van der Waals surface area (Å²) in [5.41, 5.74) is 5.35. The monoisotopic (exact) mass is 776 g/mol. The third kappa shape index (κ3) is 38.8. The van der Waals surface area contributed by atoms with Gasteiger partial charge in [0.25, 0.3) is 0 Å².